The Morgan fingerprint density at radius 2 is 2.18 bits per heavy atom. The van der Waals surface area contributed by atoms with Crippen molar-refractivity contribution in [1.29, 1.82) is 0 Å². The topological polar surface area (TPSA) is 63.6 Å². The molecule has 1 N–H and O–H groups in total. The number of hydrogen-bond acceptors (Lipinski definition) is 3. The molecule has 0 amide bonds. The fraction of sp³-hybridized carbons (Fsp3) is 0.444. The van der Waals surface area contributed by atoms with Gasteiger partial charge >= 0.3 is 11.9 Å². The summed E-state index contributed by atoms with van der Waals surface area (Å²) in [6.45, 7) is 7.27. The van der Waals surface area contributed by atoms with Crippen LogP contribution in [0.4, 0.5) is 0 Å². The van der Waals surface area contributed by atoms with Crippen LogP contribution in [0.1, 0.15) is 32.1 Å². The van der Waals surface area contributed by atoms with Crippen molar-refractivity contribution in [1.82, 2.24) is 0 Å². The maximum atomic E-state index is 12.2. The average Bonchev–Trinajstić information content (AvgIpc) is 2.54. The average molecular weight is 304 g/mol. The molecular weight excluding hydrogens is 280 g/mol. The highest BCUT2D eigenvalue weighted by Crippen LogP contribution is 2.37. The van der Waals surface area contributed by atoms with Crippen molar-refractivity contribution in [2.24, 2.45) is 11.3 Å². The second-order valence-corrected chi connectivity index (χ2v) is 5.41. The van der Waals surface area contributed by atoms with E-state index in [0.717, 1.165) is 19.3 Å². The van der Waals surface area contributed by atoms with Gasteiger partial charge in [-0.25, -0.2) is 0 Å². The van der Waals surface area contributed by atoms with Gasteiger partial charge in [-0.2, -0.15) is 0 Å². The molecule has 22 heavy (non-hydrogen) atoms. The van der Waals surface area contributed by atoms with Crippen molar-refractivity contribution in [2.75, 3.05) is 7.11 Å². The molecule has 0 aliphatic heterocycles. The van der Waals surface area contributed by atoms with Crippen molar-refractivity contribution in [3.63, 3.8) is 0 Å². The highest BCUT2D eigenvalue weighted by atomic mass is 16.5. The highest BCUT2D eigenvalue weighted by molar-refractivity contribution is 6.00. The van der Waals surface area contributed by atoms with Crippen molar-refractivity contribution < 1.29 is 19.4 Å². The van der Waals surface area contributed by atoms with E-state index >= 15 is 0 Å². The summed E-state index contributed by atoms with van der Waals surface area (Å²) in [6.07, 6.45) is 13.0. The van der Waals surface area contributed by atoms with E-state index in [4.69, 9.17) is 4.74 Å². The quantitative estimate of drug-likeness (QED) is 0.422. The fourth-order valence-corrected chi connectivity index (χ4v) is 2.77. The number of carbonyl (C=O) groups is 2. The van der Waals surface area contributed by atoms with Gasteiger partial charge in [-0.3, -0.25) is 9.59 Å². The van der Waals surface area contributed by atoms with E-state index in [1.165, 1.54) is 31.3 Å². The predicted molar refractivity (Wildman–Crippen MR) is 86.3 cm³/mol. The van der Waals surface area contributed by atoms with Gasteiger partial charge in [0.05, 0.1) is 7.11 Å². The Balaban J connectivity index is 3.17. The van der Waals surface area contributed by atoms with Crippen LogP contribution < -0.4 is 0 Å². The molecule has 1 aliphatic rings. The highest BCUT2D eigenvalue weighted by Gasteiger charge is 2.51. The van der Waals surface area contributed by atoms with Crippen LogP contribution in [0.3, 0.4) is 0 Å². The Morgan fingerprint density at radius 3 is 2.64 bits per heavy atom. The maximum absolute atomic E-state index is 12.2. The van der Waals surface area contributed by atoms with Gasteiger partial charge in [0.2, 0.25) is 0 Å². The van der Waals surface area contributed by atoms with Gasteiger partial charge in [0.1, 0.15) is 0 Å². The second kappa shape index (κ2) is 8.37. The number of hydrogen-bond donors (Lipinski definition) is 1. The van der Waals surface area contributed by atoms with Crippen molar-refractivity contribution >= 4 is 11.9 Å². The van der Waals surface area contributed by atoms with Gasteiger partial charge in [-0.1, -0.05) is 36.0 Å². The van der Waals surface area contributed by atoms with Crippen molar-refractivity contribution in [2.45, 2.75) is 32.1 Å². The van der Waals surface area contributed by atoms with Crippen LogP contribution in [-0.4, -0.2) is 24.2 Å². The molecule has 0 fully saturated rings. The molecule has 2 atom stereocenters. The van der Waals surface area contributed by atoms with Crippen LogP contribution in [0.2, 0.25) is 0 Å². The van der Waals surface area contributed by atoms with Gasteiger partial charge in [-0.15, -0.1) is 13.2 Å². The molecule has 1 aliphatic carbocycles. The number of allylic oxidation sites excluding steroid dienone is 6. The summed E-state index contributed by atoms with van der Waals surface area (Å²) in [7, 11) is 1.19. The molecule has 0 aromatic heterocycles. The number of carboxylic acid groups (broad SMARTS) is 1. The Morgan fingerprint density at radius 1 is 1.45 bits per heavy atom. The van der Waals surface area contributed by atoms with Gasteiger partial charge in [-0.05, 0) is 32.1 Å². The summed E-state index contributed by atoms with van der Waals surface area (Å²) in [5.74, 6) is -2.68. The smallest absolute Gasteiger partial charge is 0.324 e. The third-order valence-electron chi connectivity index (χ3n) is 4.06. The zero-order valence-electron chi connectivity index (χ0n) is 13.1. The molecule has 0 bridgehead atoms. The number of carbonyl (C=O) groups excluding carboxylic acids is 1. The molecule has 4 nitrogen and oxygen atoms in total. The molecule has 0 radical (unpaired) electrons. The maximum Gasteiger partial charge on any atom is 0.324 e. The Kier molecular flexibility index (Phi) is 6.83. The summed E-state index contributed by atoms with van der Waals surface area (Å²) in [6, 6.07) is 0. The van der Waals surface area contributed by atoms with Crippen molar-refractivity contribution in [3.8, 4) is 0 Å². The standard InChI is InChI=1S/C18H24O4/c1-4-13-18(16(19)20,17(21)22-3)15(5-2)12-11-14-9-7-6-8-10-14/h4-5,9,11-12,15H,1-2,6-8,10,13H2,3H3,(H,19,20). The van der Waals surface area contributed by atoms with Crippen LogP contribution in [0.15, 0.2) is 49.1 Å². The minimum Gasteiger partial charge on any atom is -0.480 e. The van der Waals surface area contributed by atoms with Gasteiger partial charge < -0.3 is 9.84 Å². The summed E-state index contributed by atoms with van der Waals surface area (Å²) in [5, 5.41) is 9.65. The summed E-state index contributed by atoms with van der Waals surface area (Å²) < 4.78 is 4.74. The third kappa shape index (κ3) is 3.75. The minimum absolute atomic E-state index is 0.0188. The fourth-order valence-electron chi connectivity index (χ4n) is 2.77. The normalized spacial score (nSPS) is 18.9. The predicted octanol–water partition coefficient (Wildman–Crippen LogP) is 3.67. The Labute approximate surface area is 131 Å². The van der Waals surface area contributed by atoms with Crippen LogP contribution in [0.25, 0.3) is 0 Å². The van der Waals surface area contributed by atoms with E-state index in [1.54, 1.807) is 6.08 Å². The molecule has 2 unspecified atom stereocenters. The molecule has 0 aromatic rings. The number of esters is 1. The lowest BCUT2D eigenvalue weighted by molar-refractivity contribution is -0.168. The zero-order valence-corrected chi connectivity index (χ0v) is 13.1. The second-order valence-electron chi connectivity index (χ2n) is 5.41. The third-order valence-corrected chi connectivity index (χ3v) is 4.06. The van der Waals surface area contributed by atoms with E-state index in [-0.39, 0.29) is 6.42 Å². The molecule has 0 saturated heterocycles. The molecule has 0 saturated carbocycles. The van der Waals surface area contributed by atoms with E-state index < -0.39 is 23.3 Å². The van der Waals surface area contributed by atoms with E-state index in [0.29, 0.717) is 0 Å². The number of rotatable bonds is 8. The molecule has 1 rings (SSSR count). The summed E-state index contributed by atoms with van der Waals surface area (Å²) >= 11 is 0. The lowest BCUT2D eigenvalue weighted by atomic mass is 9.72. The number of methoxy groups -OCH3 is 1. The number of ether oxygens (including phenoxy) is 1. The first-order valence-electron chi connectivity index (χ1n) is 7.45. The number of carboxylic acids is 1. The molecule has 0 aromatic carbocycles. The van der Waals surface area contributed by atoms with Gasteiger partial charge in [0.25, 0.3) is 0 Å². The van der Waals surface area contributed by atoms with Crippen LogP contribution in [0.5, 0.6) is 0 Å². The van der Waals surface area contributed by atoms with E-state index in [1.807, 2.05) is 6.08 Å². The molecule has 0 heterocycles. The monoisotopic (exact) mass is 304 g/mol. The molecular formula is C18H24O4. The minimum atomic E-state index is -1.72. The van der Waals surface area contributed by atoms with Crippen LogP contribution in [-0.2, 0) is 14.3 Å². The molecule has 4 heteroatoms. The summed E-state index contributed by atoms with van der Waals surface area (Å²) in [5.41, 5.74) is -0.551. The zero-order chi connectivity index (χ0) is 16.6. The largest absolute Gasteiger partial charge is 0.480 e. The van der Waals surface area contributed by atoms with Crippen LogP contribution >= 0.6 is 0 Å². The van der Waals surface area contributed by atoms with E-state index in [2.05, 4.69) is 19.2 Å². The molecule has 0 spiro atoms. The molecule has 120 valence electrons. The number of aliphatic carboxylic acids is 1. The lowest BCUT2D eigenvalue weighted by Crippen LogP contribution is -2.45. The summed E-state index contributed by atoms with van der Waals surface area (Å²) in [4.78, 5) is 24.0. The Bertz CT molecular complexity index is 501. The van der Waals surface area contributed by atoms with Crippen LogP contribution in [0, 0.1) is 11.3 Å². The first kappa shape index (κ1) is 18.0. The van der Waals surface area contributed by atoms with E-state index in [9.17, 15) is 14.7 Å². The van der Waals surface area contributed by atoms with Gasteiger partial charge in [0, 0.05) is 5.92 Å². The van der Waals surface area contributed by atoms with Crippen molar-refractivity contribution in [3.05, 3.63) is 49.1 Å². The van der Waals surface area contributed by atoms with Gasteiger partial charge in [0.15, 0.2) is 5.41 Å². The SMILES string of the molecule is C=CCC(C(=O)O)(C(=O)OC)C(C=C)C=CC1=CCCCC1. The first-order chi connectivity index (χ1) is 10.5. The first-order valence-corrected chi connectivity index (χ1v) is 7.45. The Hall–Kier alpha value is -2.10. The lowest BCUT2D eigenvalue weighted by Gasteiger charge is -2.30.